The van der Waals surface area contributed by atoms with Gasteiger partial charge in [-0.1, -0.05) is 12.2 Å². The van der Waals surface area contributed by atoms with E-state index in [0.717, 1.165) is 17.9 Å². The number of non-ortho nitro benzene ring substituents is 1. The number of fused-ring (bicyclic) bond motifs is 1. The molecule has 0 unspecified atom stereocenters. The SMILES string of the molecule is COc1ccc([N+](=O)[O-])cc1-c1ccc(/C=N\N2C(=O)[C@@H]3[C@@H](C2=O)[C@H]2C=C[C@@H]3CC2)o1. The van der Waals surface area contributed by atoms with Crippen LogP contribution in [0.3, 0.4) is 0 Å². The standard InChI is InChI=1S/C22H19N3O6/c1-30-17-8-6-14(25(28)29)10-16(17)18-9-7-15(31-18)11-23-24-21(26)19-12-2-3-13(5-4-12)20(19)22(24)27/h2-3,6-13,19-20H,4-5H2,1H3/b23-11-/t12-,13+,19-,20-/m0/s1. The van der Waals surface area contributed by atoms with Gasteiger partial charge in [-0.2, -0.15) is 10.1 Å². The topological polar surface area (TPSA) is 115 Å². The Morgan fingerprint density at radius 3 is 2.39 bits per heavy atom. The second-order valence-corrected chi connectivity index (χ2v) is 7.92. The van der Waals surface area contributed by atoms with Crippen LogP contribution in [0.4, 0.5) is 5.69 Å². The molecule has 1 aromatic heterocycles. The number of ether oxygens (including phenoxy) is 1. The normalized spacial score (nSPS) is 26.7. The first-order chi connectivity index (χ1) is 15.0. The third-order valence-corrected chi connectivity index (χ3v) is 6.32. The lowest BCUT2D eigenvalue weighted by Gasteiger charge is -2.37. The summed E-state index contributed by atoms with van der Waals surface area (Å²) in [6.07, 6.45) is 7.27. The molecule has 1 saturated carbocycles. The molecule has 158 valence electrons. The average Bonchev–Trinajstić information content (AvgIpc) is 3.36. The van der Waals surface area contributed by atoms with Crippen molar-refractivity contribution in [1.29, 1.82) is 0 Å². The highest BCUT2D eigenvalue weighted by Gasteiger charge is 2.56. The molecule has 9 nitrogen and oxygen atoms in total. The fourth-order valence-corrected chi connectivity index (χ4v) is 4.86. The van der Waals surface area contributed by atoms with Crippen LogP contribution in [0.15, 0.2) is 52.0 Å². The summed E-state index contributed by atoms with van der Waals surface area (Å²) in [4.78, 5) is 36.2. The Bertz CT molecular complexity index is 1120. The Morgan fingerprint density at radius 2 is 1.81 bits per heavy atom. The van der Waals surface area contributed by atoms with Crippen molar-refractivity contribution in [2.24, 2.45) is 28.8 Å². The zero-order valence-electron chi connectivity index (χ0n) is 16.6. The number of carbonyl (C=O) groups excluding carboxylic acids is 2. The van der Waals surface area contributed by atoms with Crippen LogP contribution in [-0.4, -0.2) is 35.1 Å². The predicted molar refractivity (Wildman–Crippen MR) is 109 cm³/mol. The monoisotopic (exact) mass is 421 g/mol. The summed E-state index contributed by atoms with van der Waals surface area (Å²) in [7, 11) is 1.46. The van der Waals surface area contributed by atoms with Gasteiger partial charge in [-0.3, -0.25) is 19.7 Å². The van der Waals surface area contributed by atoms with E-state index in [1.807, 2.05) is 0 Å². The van der Waals surface area contributed by atoms with Crippen LogP contribution in [-0.2, 0) is 9.59 Å². The summed E-state index contributed by atoms with van der Waals surface area (Å²) in [6, 6.07) is 7.44. The van der Waals surface area contributed by atoms with Gasteiger partial charge in [0.2, 0.25) is 0 Å². The van der Waals surface area contributed by atoms with Gasteiger partial charge in [-0.25, -0.2) is 0 Å². The Kier molecular flexibility index (Phi) is 4.46. The molecular formula is C22H19N3O6. The van der Waals surface area contributed by atoms with Crippen molar-refractivity contribution in [2.45, 2.75) is 12.8 Å². The Labute approximate surface area is 177 Å². The van der Waals surface area contributed by atoms with E-state index in [4.69, 9.17) is 9.15 Å². The van der Waals surface area contributed by atoms with E-state index in [2.05, 4.69) is 17.3 Å². The highest BCUT2D eigenvalue weighted by molar-refractivity contribution is 6.06. The number of furan rings is 1. The van der Waals surface area contributed by atoms with E-state index in [9.17, 15) is 19.7 Å². The van der Waals surface area contributed by atoms with Gasteiger partial charge in [0.25, 0.3) is 17.5 Å². The summed E-state index contributed by atoms with van der Waals surface area (Å²) < 4.78 is 11.0. The fraction of sp³-hybridized carbons (Fsp3) is 0.318. The summed E-state index contributed by atoms with van der Waals surface area (Å²) in [6.45, 7) is 0. The molecule has 0 N–H and O–H groups in total. The minimum Gasteiger partial charge on any atom is -0.496 e. The maximum Gasteiger partial charge on any atom is 0.270 e. The molecule has 1 aromatic carbocycles. The van der Waals surface area contributed by atoms with Crippen LogP contribution in [0.1, 0.15) is 18.6 Å². The molecule has 4 atom stereocenters. The van der Waals surface area contributed by atoms with Crippen molar-refractivity contribution in [3.05, 3.63) is 58.4 Å². The molecule has 4 aliphatic rings. The molecule has 1 aliphatic heterocycles. The summed E-state index contributed by atoms with van der Waals surface area (Å²) in [5.41, 5.74) is 0.319. The first kappa shape index (κ1) is 19.2. The molecule has 0 spiro atoms. The van der Waals surface area contributed by atoms with Gasteiger partial charge in [-0.15, -0.1) is 0 Å². The van der Waals surface area contributed by atoms with Crippen LogP contribution in [0, 0.1) is 33.8 Å². The van der Waals surface area contributed by atoms with Crippen LogP contribution in [0.5, 0.6) is 5.75 Å². The summed E-state index contributed by atoms with van der Waals surface area (Å²) >= 11 is 0. The molecule has 2 amide bonds. The average molecular weight is 421 g/mol. The number of nitrogens with zero attached hydrogens (tertiary/aromatic N) is 3. The lowest BCUT2D eigenvalue weighted by molar-refractivity contribution is -0.384. The number of imide groups is 1. The number of carbonyl (C=O) groups is 2. The zero-order valence-corrected chi connectivity index (χ0v) is 16.6. The molecule has 0 radical (unpaired) electrons. The van der Waals surface area contributed by atoms with Gasteiger partial charge in [0.05, 0.1) is 35.6 Å². The number of hydrazone groups is 1. The maximum atomic E-state index is 12.8. The van der Waals surface area contributed by atoms with Gasteiger partial charge >= 0.3 is 0 Å². The van der Waals surface area contributed by atoms with E-state index in [-0.39, 0.29) is 41.2 Å². The maximum absolute atomic E-state index is 12.8. The van der Waals surface area contributed by atoms with E-state index in [0.29, 0.717) is 22.8 Å². The van der Waals surface area contributed by atoms with Crippen molar-refractivity contribution in [1.82, 2.24) is 5.01 Å². The Morgan fingerprint density at radius 1 is 1.13 bits per heavy atom. The predicted octanol–water partition coefficient (Wildman–Crippen LogP) is 3.39. The minimum atomic E-state index is -0.500. The molecule has 31 heavy (non-hydrogen) atoms. The van der Waals surface area contributed by atoms with Gasteiger partial charge in [0.15, 0.2) is 0 Å². The van der Waals surface area contributed by atoms with Crippen LogP contribution < -0.4 is 4.74 Å². The molecule has 1 saturated heterocycles. The molecule has 2 bridgehead atoms. The van der Waals surface area contributed by atoms with Crippen LogP contribution in [0.25, 0.3) is 11.3 Å². The van der Waals surface area contributed by atoms with E-state index in [1.54, 1.807) is 12.1 Å². The van der Waals surface area contributed by atoms with E-state index >= 15 is 0 Å². The first-order valence-corrected chi connectivity index (χ1v) is 10.0. The number of allylic oxidation sites excluding steroid dienone is 2. The van der Waals surface area contributed by atoms with Gasteiger partial charge in [-0.05, 0) is 42.9 Å². The lowest BCUT2D eigenvalue weighted by Crippen LogP contribution is -2.38. The third-order valence-electron chi connectivity index (χ3n) is 6.32. The molecule has 2 heterocycles. The number of nitro groups is 1. The second-order valence-electron chi connectivity index (χ2n) is 7.92. The van der Waals surface area contributed by atoms with Gasteiger partial charge < -0.3 is 9.15 Å². The summed E-state index contributed by atoms with van der Waals surface area (Å²) in [5.74, 6) is 0.0863. The largest absolute Gasteiger partial charge is 0.496 e. The van der Waals surface area contributed by atoms with Crippen molar-refractivity contribution in [3.63, 3.8) is 0 Å². The van der Waals surface area contributed by atoms with E-state index in [1.165, 1.54) is 31.5 Å². The highest BCUT2D eigenvalue weighted by Crippen LogP contribution is 2.49. The number of amides is 2. The van der Waals surface area contributed by atoms with Crippen LogP contribution >= 0.6 is 0 Å². The molecule has 6 rings (SSSR count). The van der Waals surface area contributed by atoms with Crippen molar-refractivity contribution < 1.29 is 23.7 Å². The lowest BCUT2D eigenvalue weighted by atomic mass is 9.63. The molecule has 2 fully saturated rings. The molecule has 3 aliphatic carbocycles. The first-order valence-electron chi connectivity index (χ1n) is 10.0. The van der Waals surface area contributed by atoms with Crippen molar-refractivity contribution >= 4 is 23.7 Å². The number of rotatable bonds is 5. The van der Waals surface area contributed by atoms with Gasteiger partial charge in [0, 0.05) is 12.1 Å². The number of hydrogen-bond donors (Lipinski definition) is 0. The molecule has 2 aromatic rings. The quantitative estimate of drug-likeness (QED) is 0.240. The number of hydrogen-bond acceptors (Lipinski definition) is 7. The Hall–Kier alpha value is -3.75. The Balaban J connectivity index is 1.40. The highest BCUT2D eigenvalue weighted by atomic mass is 16.6. The second kappa shape index (κ2) is 7.19. The van der Waals surface area contributed by atoms with Crippen LogP contribution in [0.2, 0.25) is 0 Å². The number of nitro benzene ring substituents is 1. The number of benzene rings is 1. The zero-order chi connectivity index (χ0) is 21.7. The molecule has 9 heteroatoms. The van der Waals surface area contributed by atoms with Crippen molar-refractivity contribution in [3.8, 4) is 17.1 Å². The smallest absolute Gasteiger partial charge is 0.270 e. The minimum absolute atomic E-state index is 0.0958. The third kappa shape index (κ3) is 3.04. The summed E-state index contributed by atoms with van der Waals surface area (Å²) in [5, 5.41) is 16.2. The van der Waals surface area contributed by atoms with Crippen molar-refractivity contribution in [2.75, 3.05) is 7.11 Å². The number of methoxy groups -OCH3 is 1. The van der Waals surface area contributed by atoms with Gasteiger partial charge in [0.1, 0.15) is 17.3 Å². The van der Waals surface area contributed by atoms with E-state index < -0.39 is 4.92 Å². The molecular weight excluding hydrogens is 402 g/mol. The fourth-order valence-electron chi connectivity index (χ4n) is 4.86.